The SMILES string of the molecule is CC1CC1CN(C)C1(CN)CCCCC1C. The molecule has 2 aliphatic rings. The standard InChI is InChI=1S/C14H28N2/c1-11-8-13(11)9-16(3)14(10-15)7-5-4-6-12(14)2/h11-13H,4-10,15H2,1-3H3. The Hall–Kier alpha value is -0.0800. The van der Waals surface area contributed by atoms with Gasteiger partial charge in [0.1, 0.15) is 0 Å². The van der Waals surface area contributed by atoms with Gasteiger partial charge in [-0.05, 0) is 44.1 Å². The largest absolute Gasteiger partial charge is 0.329 e. The van der Waals surface area contributed by atoms with Crippen molar-refractivity contribution in [3.8, 4) is 0 Å². The molecule has 0 aromatic carbocycles. The maximum Gasteiger partial charge on any atom is 0.0354 e. The molecule has 0 amide bonds. The zero-order valence-corrected chi connectivity index (χ0v) is 11.2. The molecule has 2 aliphatic carbocycles. The molecule has 2 saturated carbocycles. The molecular formula is C14H28N2. The van der Waals surface area contributed by atoms with E-state index in [1.807, 2.05) is 0 Å². The molecule has 0 aromatic rings. The first-order valence-corrected chi connectivity index (χ1v) is 7.01. The van der Waals surface area contributed by atoms with Gasteiger partial charge in [-0.3, -0.25) is 4.90 Å². The minimum Gasteiger partial charge on any atom is -0.329 e. The second-order valence-corrected chi connectivity index (χ2v) is 6.31. The van der Waals surface area contributed by atoms with Crippen molar-refractivity contribution in [2.24, 2.45) is 23.5 Å². The molecule has 4 unspecified atom stereocenters. The molecule has 16 heavy (non-hydrogen) atoms. The van der Waals surface area contributed by atoms with Crippen LogP contribution in [0.15, 0.2) is 0 Å². The number of hydrogen-bond donors (Lipinski definition) is 1. The second-order valence-electron chi connectivity index (χ2n) is 6.31. The first-order chi connectivity index (χ1) is 7.60. The highest BCUT2D eigenvalue weighted by atomic mass is 15.2. The van der Waals surface area contributed by atoms with Crippen LogP contribution in [0.5, 0.6) is 0 Å². The van der Waals surface area contributed by atoms with Crippen molar-refractivity contribution < 1.29 is 0 Å². The molecule has 4 atom stereocenters. The maximum absolute atomic E-state index is 6.12. The van der Waals surface area contributed by atoms with E-state index in [4.69, 9.17) is 5.73 Å². The zero-order valence-electron chi connectivity index (χ0n) is 11.2. The monoisotopic (exact) mass is 224 g/mol. The summed E-state index contributed by atoms with van der Waals surface area (Å²) in [6, 6.07) is 0. The highest BCUT2D eigenvalue weighted by Crippen LogP contribution is 2.42. The van der Waals surface area contributed by atoms with Gasteiger partial charge in [0.15, 0.2) is 0 Å². The van der Waals surface area contributed by atoms with Gasteiger partial charge < -0.3 is 5.73 Å². The van der Waals surface area contributed by atoms with E-state index >= 15 is 0 Å². The molecule has 0 aromatic heterocycles. The number of hydrogen-bond acceptors (Lipinski definition) is 2. The zero-order chi connectivity index (χ0) is 11.8. The lowest BCUT2D eigenvalue weighted by Gasteiger charge is -2.49. The van der Waals surface area contributed by atoms with Crippen molar-refractivity contribution in [3.05, 3.63) is 0 Å². The van der Waals surface area contributed by atoms with Crippen molar-refractivity contribution in [2.75, 3.05) is 20.1 Å². The van der Waals surface area contributed by atoms with Crippen LogP contribution in [-0.2, 0) is 0 Å². The molecule has 0 aliphatic heterocycles. The molecule has 2 heteroatoms. The van der Waals surface area contributed by atoms with Crippen LogP contribution in [0.3, 0.4) is 0 Å². The average Bonchev–Trinajstić information content (AvgIpc) is 2.95. The Labute approximate surface area is 101 Å². The lowest BCUT2D eigenvalue weighted by Crippen LogP contribution is -2.58. The molecule has 94 valence electrons. The Morgan fingerprint density at radius 3 is 2.50 bits per heavy atom. The predicted molar refractivity (Wildman–Crippen MR) is 69.3 cm³/mol. The van der Waals surface area contributed by atoms with Gasteiger partial charge in [-0.25, -0.2) is 0 Å². The van der Waals surface area contributed by atoms with Crippen LogP contribution in [0.4, 0.5) is 0 Å². The van der Waals surface area contributed by atoms with Gasteiger partial charge in [0.25, 0.3) is 0 Å². The van der Waals surface area contributed by atoms with Crippen molar-refractivity contribution in [1.82, 2.24) is 4.90 Å². The Bertz CT molecular complexity index is 241. The van der Waals surface area contributed by atoms with E-state index in [-0.39, 0.29) is 0 Å². The Morgan fingerprint density at radius 1 is 1.31 bits per heavy atom. The van der Waals surface area contributed by atoms with E-state index in [9.17, 15) is 0 Å². The second kappa shape index (κ2) is 4.66. The van der Waals surface area contributed by atoms with Gasteiger partial charge in [-0.1, -0.05) is 26.7 Å². The molecule has 2 nitrogen and oxygen atoms in total. The minimum atomic E-state index is 0.306. The molecule has 0 radical (unpaired) electrons. The van der Waals surface area contributed by atoms with E-state index in [0.717, 1.165) is 24.3 Å². The Balaban J connectivity index is 2.00. The van der Waals surface area contributed by atoms with Gasteiger partial charge in [0.05, 0.1) is 0 Å². The van der Waals surface area contributed by atoms with Crippen LogP contribution >= 0.6 is 0 Å². The quantitative estimate of drug-likeness (QED) is 0.795. The van der Waals surface area contributed by atoms with Crippen LogP contribution in [0.25, 0.3) is 0 Å². The fraction of sp³-hybridized carbons (Fsp3) is 1.00. The molecule has 0 bridgehead atoms. The average molecular weight is 224 g/mol. The van der Waals surface area contributed by atoms with E-state index in [1.54, 1.807) is 0 Å². The third-order valence-electron chi connectivity index (χ3n) is 5.31. The summed E-state index contributed by atoms with van der Waals surface area (Å²) in [5, 5.41) is 0. The van der Waals surface area contributed by atoms with Gasteiger partial charge in [-0.15, -0.1) is 0 Å². The Kier molecular flexibility index (Phi) is 3.60. The minimum absolute atomic E-state index is 0.306. The van der Waals surface area contributed by atoms with E-state index in [1.165, 1.54) is 38.6 Å². The number of nitrogens with zero attached hydrogens (tertiary/aromatic N) is 1. The number of rotatable bonds is 4. The first-order valence-electron chi connectivity index (χ1n) is 7.01. The van der Waals surface area contributed by atoms with Crippen LogP contribution in [0.1, 0.15) is 46.0 Å². The van der Waals surface area contributed by atoms with Crippen molar-refractivity contribution in [3.63, 3.8) is 0 Å². The fourth-order valence-corrected chi connectivity index (χ4v) is 3.61. The molecule has 0 spiro atoms. The van der Waals surface area contributed by atoms with Crippen LogP contribution < -0.4 is 5.73 Å². The van der Waals surface area contributed by atoms with Gasteiger partial charge in [-0.2, -0.15) is 0 Å². The summed E-state index contributed by atoms with van der Waals surface area (Å²) in [5.74, 6) is 2.67. The van der Waals surface area contributed by atoms with E-state index < -0.39 is 0 Å². The topological polar surface area (TPSA) is 29.3 Å². The van der Waals surface area contributed by atoms with Crippen LogP contribution in [0, 0.1) is 17.8 Å². The molecule has 2 rings (SSSR count). The molecule has 2 N–H and O–H groups in total. The molecular weight excluding hydrogens is 196 g/mol. The summed E-state index contributed by atoms with van der Waals surface area (Å²) in [6.45, 7) is 6.88. The third kappa shape index (κ3) is 2.14. The lowest BCUT2D eigenvalue weighted by atomic mass is 9.72. The summed E-state index contributed by atoms with van der Waals surface area (Å²) in [6.07, 6.45) is 6.87. The highest BCUT2D eigenvalue weighted by molar-refractivity contribution is 4.99. The van der Waals surface area contributed by atoms with Crippen molar-refractivity contribution >= 4 is 0 Å². The third-order valence-corrected chi connectivity index (χ3v) is 5.31. The molecule has 0 heterocycles. The lowest BCUT2D eigenvalue weighted by molar-refractivity contribution is 0.0296. The number of likely N-dealkylation sites (N-methyl/N-ethyl adjacent to an activating group) is 1. The van der Waals surface area contributed by atoms with Crippen LogP contribution in [-0.4, -0.2) is 30.6 Å². The van der Waals surface area contributed by atoms with Crippen molar-refractivity contribution in [1.29, 1.82) is 0 Å². The Morgan fingerprint density at radius 2 is 2.00 bits per heavy atom. The molecule has 0 saturated heterocycles. The number of nitrogens with two attached hydrogens (primary N) is 1. The van der Waals surface area contributed by atoms with Crippen molar-refractivity contribution in [2.45, 2.75) is 51.5 Å². The van der Waals surface area contributed by atoms with Crippen LogP contribution in [0.2, 0.25) is 0 Å². The van der Waals surface area contributed by atoms with E-state index in [0.29, 0.717) is 5.54 Å². The summed E-state index contributed by atoms with van der Waals surface area (Å²) in [4.78, 5) is 2.60. The van der Waals surface area contributed by atoms with Gasteiger partial charge in [0.2, 0.25) is 0 Å². The summed E-state index contributed by atoms with van der Waals surface area (Å²) in [7, 11) is 2.31. The maximum atomic E-state index is 6.12. The summed E-state index contributed by atoms with van der Waals surface area (Å²) >= 11 is 0. The predicted octanol–water partition coefficient (Wildman–Crippen LogP) is 2.48. The summed E-state index contributed by atoms with van der Waals surface area (Å²) < 4.78 is 0. The van der Waals surface area contributed by atoms with Gasteiger partial charge in [0, 0.05) is 18.6 Å². The molecule has 2 fully saturated rings. The normalized spacial score (nSPS) is 43.7. The van der Waals surface area contributed by atoms with E-state index in [2.05, 4.69) is 25.8 Å². The first kappa shape index (κ1) is 12.4. The van der Waals surface area contributed by atoms with Gasteiger partial charge >= 0.3 is 0 Å². The smallest absolute Gasteiger partial charge is 0.0354 e. The fourth-order valence-electron chi connectivity index (χ4n) is 3.61. The highest BCUT2D eigenvalue weighted by Gasteiger charge is 2.43. The summed E-state index contributed by atoms with van der Waals surface area (Å²) in [5.41, 5.74) is 6.42.